The summed E-state index contributed by atoms with van der Waals surface area (Å²) in [6.45, 7) is 3.11. The van der Waals surface area contributed by atoms with E-state index >= 15 is 0 Å². The third-order valence-electron chi connectivity index (χ3n) is 11.9. The number of hydrogen-bond acceptors (Lipinski definition) is 9. The lowest BCUT2D eigenvalue weighted by atomic mass is 9.91. The number of ether oxygens (including phenoxy) is 1. The molecular weight excluding hydrogens is 730 g/mol. The van der Waals surface area contributed by atoms with Crippen LogP contribution in [0.15, 0.2) is 54.6 Å². The number of carbonyl (C=O) groups is 5. The normalized spacial score (nSPS) is 28.1. The van der Waals surface area contributed by atoms with Gasteiger partial charge in [-0.15, -0.1) is 0 Å². The highest BCUT2D eigenvalue weighted by Gasteiger charge is 2.62. The number of ketones is 1. The van der Waals surface area contributed by atoms with Crippen molar-refractivity contribution in [3.63, 3.8) is 0 Å². The van der Waals surface area contributed by atoms with E-state index in [1.165, 1.54) is 22.8 Å². The number of anilines is 2. The molecule has 4 amide bonds. The van der Waals surface area contributed by atoms with Crippen LogP contribution < -0.4 is 15.4 Å². The monoisotopic (exact) mass is 777 g/mol. The van der Waals surface area contributed by atoms with Gasteiger partial charge in [-0.1, -0.05) is 37.1 Å². The van der Waals surface area contributed by atoms with Crippen LogP contribution in [0.5, 0.6) is 0 Å². The van der Waals surface area contributed by atoms with Gasteiger partial charge in [0.2, 0.25) is 27.7 Å². The van der Waals surface area contributed by atoms with Crippen LogP contribution in [-0.2, 0) is 47.0 Å². The molecule has 1 saturated heterocycles. The van der Waals surface area contributed by atoms with E-state index in [-0.39, 0.29) is 56.6 Å². The van der Waals surface area contributed by atoms with Gasteiger partial charge in [0.25, 0.3) is 0 Å². The number of carbonyl (C=O) groups excluding carboxylic acids is 5. The number of amides is 4. The Morgan fingerprint density at radius 2 is 1.73 bits per heavy atom. The van der Waals surface area contributed by atoms with E-state index in [1.807, 2.05) is 12.2 Å². The van der Waals surface area contributed by atoms with Gasteiger partial charge >= 0.3 is 6.09 Å². The Morgan fingerprint density at radius 3 is 2.44 bits per heavy atom. The summed E-state index contributed by atoms with van der Waals surface area (Å²) in [6.07, 6.45) is 6.70. The lowest BCUT2D eigenvalue weighted by Gasteiger charge is -2.30. The topological polar surface area (TPSA) is 171 Å². The maximum Gasteiger partial charge on any atom is 0.410 e. The predicted molar refractivity (Wildman–Crippen MR) is 201 cm³/mol. The number of fused-ring (bicyclic) bond motifs is 3. The molecule has 2 saturated carbocycles. The summed E-state index contributed by atoms with van der Waals surface area (Å²) < 4.78 is 48.0. The van der Waals surface area contributed by atoms with Gasteiger partial charge < -0.3 is 20.3 Å². The molecule has 7 rings (SSSR count). The quantitative estimate of drug-likeness (QED) is 0.321. The maximum absolute atomic E-state index is 14.6. The fourth-order valence-electron chi connectivity index (χ4n) is 8.07. The first-order valence-electron chi connectivity index (χ1n) is 19.1. The second kappa shape index (κ2) is 15.0. The first-order chi connectivity index (χ1) is 26.2. The van der Waals surface area contributed by atoms with E-state index in [0.29, 0.717) is 48.2 Å². The molecule has 294 valence electrons. The Kier molecular flexibility index (Phi) is 10.5. The molecule has 5 atom stereocenters. The number of nitrogens with zero attached hydrogens (tertiary/aromatic N) is 2. The molecule has 55 heavy (non-hydrogen) atoms. The van der Waals surface area contributed by atoms with Gasteiger partial charge in [-0.2, -0.15) is 0 Å². The molecule has 0 spiro atoms. The highest BCUT2D eigenvalue weighted by molar-refractivity contribution is 7.91. The van der Waals surface area contributed by atoms with Crippen LogP contribution in [-0.4, -0.2) is 77.3 Å². The average molecular weight is 778 g/mol. The molecule has 3 fully saturated rings. The maximum atomic E-state index is 14.6. The predicted octanol–water partition coefficient (Wildman–Crippen LogP) is 5.17. The van der Waals surface area contributed by atoms with Crippen LogP contribution in [0.1, 0.15) is 89.2 Å². The summed E-state index contributed by atoms with van der Waals surface area (Å²) in [7, 11) is -3.97. The minimum atomic E-state index is -3.97. The standard InChI is InChI=1S/C40H48FN5O8S/c1-25(47)42-28-13-15-29(16-14-28)43-33-12-7-5-3-4-6-10-27-20-40(27,37(50)44-55(52,53)39(2)17-18-39)21-35(48)34-19-30(23-46(34)36(33)49)54-38(51)45-22-26-9-8-11-32(41)31(26)24-45/h6,8-11,13-16,27,30,33-34,43H,3-5,7,12,17-24H2,1-2H3,(H,42,47)(H,44,50)/b10-6-/t27-,30+,33-,34-,40+/m0/s1. The second-order valence-corrected chi connectivity index (χ2v) is 18.2. The lowest BCUT2D eigenvalue weighted by Crippen LogP contribution is -2.49. The summed E-state index contributed by atoms with van der Waals surface area (Å²) in [6, 6.07) is 9.78. The van der Waals surface area contributed by atoms with Crippen LogP contribution in [0.4, 0.5) is 20.6 Å². The minimum absolute atomic E-state index is 0.0157. The van der Waals surface area contributed by atoms with Crippen molar-refractivity contribution in [2.75, 3.05) is 17.2 Å². The molecule has 0 radical (unpaired) electrons. The smallest absolute Gasteiger partial charge is 0.410 e. The lowest BCUT2D eigenvalue weighted by molar-refractivity contribution is -0.139. The molecule has 13 nitrogen and oxygen atoms in total. The Labute approximate surface area is 320 Å². The van der Waals surface area contributed by atoms with Crippen LogP contribution in [0, 0.1) is 17.2 Å². The molecule has 0 bridgehead atoms. The number of nitrogens with one attached hydrogen (secondary N) is 3. The van der Waals surface area contributed by atoms with E-state index in [4.69, 9.17) is 4.74 Å². The highest BCUT2D eigenvalue weighted by Crippen LogP contribution is 2.57. The summed E-state index contributed by atoms with van der Waals surface area (Å²) >= 11 is 0. The number of halogens is 1. The van der Waals surface area contributed by atoms with Gasteiger partial charge in [0.15, 0.2) is 5.78 Å². The molecule has 3 N–H and O–H groups in total. The van der Waals surface area contributed by atoms with E-state index in [0.717, 1.165) is 19.3 Å². The third-order valence-corrected chi connectivity index (χ3v) is 14.0. The molecule has 0 aromatic heterocycles. The van der Waals surface area contributed by atoms with Crippen LogP contribution in [0.2, 0.25) is 0 Å². The van der Waals surface area contributed by atoms with Gasteiger partial charge in [-0.25, -0.2) is 17.6 Å². The van der Waals surface area contributed by atoms with Crippen molar-refractivity contribution < 1.29 is 41.5 Å². The SMILES string of the molecule is CC(=O)Nc1ccc(N[C@H]2CCCCC/C=C\[C@H]3C[C@@]3(C(=O)NS(=O)(=O)C3(C)CC3)CC(=O)[C@@H]3C[C@@H](OC(=O)N4Cc5cccc(F)c5C4)CN3C2=O)cc1. The van der Waals surface area contributed by atoms with Crippen LogP contribution in [0.25, 0.3) is 0 Å². The molecular formula is C40H48FN5O8S. The van der Waals surface area contributed by atoms with E-state index in [9.17, 15) is 36.8 Å². The van der Waals surface area contributed by atoms with E-state index in [2.05, 4.69) is 15.4 Å². The molecule has 5 aliphatic rings. The Bertz CT molecular complexity index is 2020. The van der Waals surface area contributed by atoms with Gasteiger partial charge in [-0.05, 0) is 87.3 Å². The first kappa shape index (κ1) is 38.5. The molecule has 0 unspecified atom stereocenters. The van der Waals surface area contributed by atoms with Crippen molar-refractivity contribution >= 4 is 51.0 Å². The van der Waals surface area contributed by atoms with Gasteiger partial charge in [0.1, 0.15) is 18.0 Å². The second-order valence-electron chi connectivity index (χ2n) is 16.0. The van der Waals surface area contributed by atoms with Crippen molar-refractivity contribution in [1.82, 2.24) is 14.5 Å². The molecule has 2 aromatic carbocycles. The number of hydrogen-bond donors (Lipinski definition) is 3. The summed E-state index contributed by atoms with van der Waals surface area (Å²) in [5.74, 6) is -2.49. The Morgan fingerprint density at radius 1 is 0.982 bits per heavy atom. The summed E-state index contributed by atoms with van der Waals surface area (Å²) in [5.41, 5.74) is 1.01. The molecule has 2 aromatic rings. The molecule has 15 heteroatoms. The molecule has 3 heterocycles. The molecule has 2 aliphatic carbocycles. The van der Waals surface area contributed by atoms with Gasteiger partial charge in [-0.3, -0.25) is 28.8 Å². The van der Waals surface area contributed by atoms with Crippen molar-refractivity contribution in [3.05, 3.63) is 71.6 Å². The van der Waals surface area contributed by atoms with Crippen molar-refractivity contribution in [2.45, 2.75) is 114 Å². The number of sulfonamides is 1. The van der Waals surface area contributed by atoms with Crippen molar-refractivity contribution in [2.24, 2.45) is 11.3 Å². The number of Topliss-reactive ketones (excluding diaryl/α,β-unsaturated/α-hetero) is 1. The van der Waals surface area contributed by atoms with E-state index in [1.54, 1.807) is 43.3 Å². The molecule has 3 aliphatic heterocycles. The van der Waals surface area contributed by atoms with Crippen LogP contribution >= 0.6 is 0 Å². The Balaban J connectivity index is 1.15. The van der Waals surface area contributed by atoms with Crippen LogP contribution in [0.3, 0.4) is 0 Å². The summed E-state index contributed by atoms with van der Waals surface area (Å²) in [4.78, 5) is 70.8. The van der Waals surface area contributed by atoms with Gasteiger partial charge in [0, 0.05) is 43.2 Å². The third kappa shape index (κ3) is 8.12. The number of allylic oxidation sites excluding steroid dienone is 2. The largest absolute Gasteiger partial charge is 0.444 e. The minimum Gasteiger partial charge on any atom is -0.444 e. The van der Waals surface area contributed by atoms with E-state index < -0.39 is 62.0 Å². The fourth-order valence-corrected chi connectivity index (χ4v) is 9.40. The fraction of sp³-hybridized carbons (Fsp3) is 0.525. The zero-order valence-electron chi connectivity index (χ0n) is 31.1. The van der Waals surface area contributed by atoms with Gasteiger partial charge in [0.05, 0.1) is 29.3 Å². The average Bonchev–Trinajstić information content (AvgIpc) is 3.93. The number of rotatable bonds is 7. The zero-order chi connectivity index (χ0) is 39.1. The first-order valence-corrected chi connectivity index (χ1v) is 20.6. The van der Waals surface area contributed by atoms with Crippen molar-refractivity contribution in [3.8, 4) is 0 Å². The Hall–Kier alpha value is -4.79. The zero-order valence-corrected chi connectivity index (χ0v) is 32.0. The summed E-state index contributed by atoms with van der Waals surface area (Å²) in [5, 5.41) is 6.04. The van der Waals surface area contributed by atoms with Crippen molar-refractivity contribution in [1.29, 1.82) is 0 Å². The number of benzene rings is 2. The highest BCUT2D eigenvalue weighted by atomic mass is 32.2.